The van der Waals surface area contributed by atoms with Crippen LogP contribution in [0.3, 0.4) is 0 Å². The number of fused-ring (bicyclic) bond motifs is 2. The number of hydrogen-bond acceptors (Lipinski definition) is 3. The van der Waals surface area contributed by atoms with Crippen molar-refractivity contribution in [1.29, 1.82) is 0 Å². The van der Waals surface area contributed by atoms with Crippen LogP contribution < -0.4 is 0 Å². The minimum atomic E-state index is 0.741. The highest BCUT2D eigenvalue weighted by atomic mass is 15.3. The first-order valence-corrected chi connectivity index (χ1v) is 8.64. The highest BCUT2D eigenvalue weighted by Gasteiger charge is 2.40. The van der Waals surface area contributed by atoms with Crippen LogP contribution in [-0.4, -0.2) is 66.1 Å². The van der Waals surface area contributed by atoms with Crippen LogP contribution in [0.15, 0.2) is 30.3 Å². The van der Waals surface area contributed by atoms with Crippen LogP contribution in [0.4, 0.5) is 0 Å². The summed E-state index contributed by atoms with van der Waals surface area (Å²) in [4.78, 5) is 8.22. The molecule has 0 spiro atoms. The number of benzene rings is 1. The number of rotatable bonds is 3. The van der Waals surface area contributed by atoms with Crippen LogP contribution in [0.5, 0.6) is 0 Å². The Morgan fingerprint density at radius 3 is 2.48 bits per heavy atom. The van der Waals surface area contributed by atoms with Crippen LogP contribution >= 0.6 is 0 Å². The maximum absolute atomic E-state index is 2.78. The molecule has 0 aromatic heterocycles. The minimum Gasteiger partial charge on any atom is -0.300 e. The summed E-state index contributed by atoms with van der Waals surface area (Å²) in [6.45, 7) is 8.90. The molecule has 1 unspecified atom stereocenters. The Morgan fingerprint density at radius 2 is 1.67 bits per heavy atom. The summed E-state index contributed by atoms with van der Waals surface area (Å²) in [6, 6.07) is 12.6. The van der Waals surface area contributed by atoms with Crippen LogP contribution in [0.1, 0.15) is 24.8 Å². The molecule has 3 fully saturated rings. The molecule has 0 N–H and O–H groups in total. The molecule has 3 aliphatic rings. The molecule has 2 bridgehead atoms. The van der Waals surface area contributed by atoms with Gasteiger partial charge >= 0.3 is 0 Å². The molecule has 0 aliphatic carbocycles. The van der Waals surface area contributed by atoms with Gasteiger partial charge in [-0.3, -0.25) is 9.80 Å². The Labute approximate surface area is 128 Å². The first-order valence-electron chi connectivity index (χ1n) is 8.64. The second-order valence-corrected chi connectivity index (χ2v) is 6.92. The van der Waals surface area contributed by atoms with E-state index in [1.54, 1.807) is 0 Å². The van der Waals surface area contributed by atoms with Crippen molar-refractivity contribution >= 4 is 0 Å². The predicted molar refractivity (Wildman–Crippen MR) is 86.3 cm³/mol. The summed E-state index contributed by atoms with van der Waals surface area (Å²) in [5, 5.41) is 0. The third kappa shape index (κ3) is 2.87. The van der Waals surface area contributed by atoms with Gasteiger partial charge in [-0.2, -0.15) is 0 Å². The average Bonchev–Trinajstić information content (AvgIpc) is 3.06. The van der Waals surface area contributed by atoms with Crippen LogP contribution in [-0.2, 0) is 6.54 Å². The SMILES string of the molecule is c1ccc(CN2CCN3CC[C@@H](N4CCCC4)[C@@H]2C3)cc1. The molecule has 0 amide bonds. The van der Waals surface area contributed by atoms with Crippen LogP contribution in [0.2, 0.25) is 0 Å². The number of hydrogen-bond donors (Lipinski definition) is 0. The maximum atomic E-state index is 2.78. The maximum Gasteiger partial charge on any atom is 0.0383 e. The standard InChI is InChI=1S/C18H27N3/c1-2-6-16(7-3-1)14-21-13-12-19-11-8-17(18(21)15-19)20-9-4-5-10-20/h1-3,6-7,17-18H,4-5,8-15H2/t17-,18+/m1/s1. The molecule has 0 radical (unpaired) electrons. The fourth-order valence-corrected chi connectivity index (χ4v) is 4.50. The van der Waals surface area contributed by atoms with Crippen molar-refractivity contribution in [3.8, 4) is 0 Å². The Balaban J connectivity index is 1.50. The van der Waals surface area contributed by atoms with Crippen molar-refractivity contribution in [3.63, 3.8) is 0 Å². The summed E-state index contributed by atoms with van der Waals surface area (Å²) in [5.41, 5.74) is 1.47. The Hall–Kier alpha value is -0.900. The molecule has 0 saturated carbocycles. The molecule has 1 aromatic rings. The van der Waals surface area contributed by atoms with Gasteiger partial charge in [-0.25, -0.2) is 0 Å². The second kappa shape index (κ2) is 6.07. The van der Waals surface area contributed by atoms with E-state index >= 15 is 0 Å². The van der Waals surface area contributed by atoms with Gasteiger partial charge in [-0.1, -0.05) is 30.3 Å². The molecule has 114 valence electrons. The van der Waals surface area contributed by atoms with E-state index in [9.17, 15) is 0 Å². The molecular formula is C18H27N3. The van der Waals surface area contributed by atoms with Crippen LogP contribution in [0, 0.1) is 0 Å². The number of piperidine rings is 1. The van der Waals surface area contributed by atoms with Gasteiger partial charge in [0.15, 0.2) is 0 Å². The lowest BCUT2D eigenvalue weighted by Gasteiger charge is -2.51. The number of nitrogens with zero attached hydrogens (tertiary/aromatic N) is 3. The summed E-state index contributed by atoms with van der Waals surface area (Å²) in [6.07, 6.45) is 4.19. The zero-order valence-electron chi connectivity index (χ0n) is 13.0. The van der Waals surface area contributed by atoms with Gasteiger partial charge in [0.2, 0.25) is 0 Å². The lowest BCUT2D eigenvalue weighted by molar-refractivity contribution is -0.0216. The lowest BCUT2D eigenvalue weighted by atomic mass is 9.93. The third-order valence-corrected chi connectivity index (χ3v) is 5.64. The Bertz CT molecular complexity index is 455. The van der Waals surface area contributed by atoms with Crippen molar-refractivity contribution < 1.29 is 0 Å². The summed E-state index contributed by atoms with van der Waals surface area (Å²) in [7, 11) is 0. The van der Waals surface area contributed by atoms with Crippen molar-refractivity contribution in [2.45, 2.75) is 37.9 Å². The summed E-state index contributed by atoms with van der Waals surface area (Å²) < 4.78 is 0. The Morgan fingerprint density at radius 1 is 0.857 bits per heavy atom. The molecule has 3 heterocycles. The molecule has 3 saturated heterocycles. The molecule has 3 atom stereocenters. The van der Waals surface area contributed by atoms with E-state index in [2.05, 4.69) is 45.0 Å². The van der Waals surface area contributed by atoms with Gasteiger partial charge in [-0.05, 0) is 44.5 Å². The van der Waals surface area contributed by atoms with Crippen LogP contribution in [0.25, 0.3) is 0 Å². The quantitative estimate of drug-likeness (QED) is 0.841. The predicted octanol–water partition coefficient (Wildman–Crippen LogP) is 2.04. The Kier molecular flexibility index (Phi) is 3.97. The fourth-order valence-electron chi connectivity index (χ4n) is 4.50. The number of likely N-dealkylation sites (tertiary alicyclic amines) is 1. The molecule has 3 heteroatoms. The minimum absolute atomic E-state index is 0.741. The molecule has 4 rings (SSSR count). The van der Waals surface area contributed by atoms with E-state index in [0.29, 0.717) is 0 Å². The molecule has 21 heavy (non-hydrogen) atoms. The van der Waals surface area contributed by atoms with Crippen molar-refractivity contribution in [1.82, 2.24) is 14.7 Å². The first-order chi connectivity index (χ1) is 10.4. The van der Waals surface area contributed by atoms with E-state index in [4.69, 9.17) is 0 Å². The second-order valence-electron chi connectivity index (χ2n) is 6.92. The monoisotopic (exact) mass is 285 g/mol. The average molecular weight is 285 g/mol. The van der Waals surface area contributed by atoms with Crippen molar-refractivity contribution in [3.05, 3.63) is 35.9 Å². The lowest BCUT2D eigenvalue weighted by Crippen LogP contribution is -2.64. The van der Waals surface area contributed by atoms with Gasteiger partial charge < -0.3 is 4.90 Å². The normalized spacial score (nSPS) is 34.2. The van der Waals surface area contributed by atoms with Crippen molar-refractivity contribution in [2.24, 2.45) is 0 Å². The van der Waals surface area contributed by atoms with E-state index in [0.717, 1.165) is 18.6 Å². The molecule has 3 nitrogen and oxygen atoms in total. The third-order valence-electron chi connectivity index (χ3n) is 5.64. The van der Waals surface area contributed by atoms with E-state index < -0.39 is 0 Å². The summed E-state index contributed by atoms with van der Waals surface area (Å²) in [5.74, 6) is 0. The van der Waals surface area contributed by atoms with E-state index in [-0.39, 0.29) is 0 Å². The van der Waals surface area contributed by atoms with Gasteiger partial charge in [0.05, 0.1) is 0 Å². The number of piperazine rings is 1. The molecular weight excluding hydrogens is 258 g/mol. The van der Waals surface area contributed by atoms with E-state index in [1.165, 1.54) is 64.1 Å². The topological polar surface area (TPSA) is 9.72 Å². The summed E-state index contributed by atoms with van der Waals surface area (Å²) >= 11 is 0. The molecule has 1 aromatic carbocycles. The smallest absolute Gasteiger partial charge is 0.0383 e. The van der Waals surface area contributed by atoms with Crippen molar-refractivity contribution in [2.75, 3.05) is 39.3 Å². The molecule has 3 aliphatic heterocycles. The highest BCUT2D eigenvalue weighted by molar-refractivity contribution is 5.15. The zero-order chi connectivity index (χ0) is 14.1. The highest BCUT2D eigenvalue weighted by Crippen LogP contribution is 2.28. The van der Waals surface area contributed by atoms with Gasteiger partial charge in [-0.15, -0.1) is 0 Å². The first kappa shape index (κ1) is 13.7. The van der Waals surface area contributed by atoms with E-state index in [1.807, 2.05) is 0 Å². The largest absolute Gasteiger partial charge is 0.300 e. The fraction of sp³-hybridized carbons (Fsp3) is 0.667. The zero-order valence-corrected chi connectivity index (χ0v) is 13.0. The van der Waals surface area contributed by atoms with Gasteiger partial charge in [0, 0.05) is 38.3 Å². The van der Waals surface area contributed by atoms with Gasteiger partial charge in [0.1, 0.15) is 0 Å². The van der Waals surface area contributed by atoms with Gasteiger partial charge in [0.25, 0.3) is 0 Å².